The summed E-state index contributed by atoms with van der Waals surface area (Å²) in [6, 6.07) is 4.13. The van der Waals surface area contributed by atoms with Crippen LogP contribution in [0.4, 0.5) is 10.6 Å². The third-order valence-electron chi connectivity index (χ3n) is 4.57. The molecule has 2 amide bonds. The minimum atomic E-state index is 0.0456. The largest absolute Gasteiger partial charge is 0.364 e. The van der Waals surface area contributed by atoms with E-state index in [1.807, 2.05) is 22.6 Å². The number of aromatic nitrogens is 4. The Hall–Kier alpha value is -2.64. The number of aryl methyl sites for hydroxylation is 3. The molecular weight excluding hydrogens is 342 g/mol. The van der Waals surface area contributed by atoms with Gasteiger partial charge in [-0.15, -0.1) is 0 Å². The molecule has 146 valence electrons. The van der Waals surface area contributed by atoms with Crippen LogP contribution in [-0.4, -0.2) is 56.2 Å². The van der Waals surface area contributed by atoms with E-state index in [1.165, 1.54) is 0 Å². The molecule has 2 aromatic heterocycles. The lowest BCUT2D eigenvalue weighted by molar-refractivity contribution is 0.169. The van der Waals surface area contributed by atoms with Gasteiger partial charge in [0.2, 0.25) is 0 Å². The van der Waals surface area contributed by atoms with Gasteiger partial charge < -0.3 is 15.1 Å². The fraction of sp³-hybridized carbons (Fsp3) is 0.579. The lowest BCUT2D eigenvalue weighted by Gasteiger charge is -2.23. The fourth-order valence-corrected chi connectivity index (χ4v) is 3.34. The molecule has 0 saturated heterocycles. The Kier molecular flexibility index (Phi) is 5.93. The van der Waals surface area contributed by atoms with Crippen LogP contribution in [0.5, 0.6) is 0 Å². The third kappa shape index (κ3) is 4.75. The number of carbonyl (C=O) groups excluding carboxylic acids is 1. The van der Waals surface area contributed by atoms with E-state index >= 15 is 0 Å². The zero-order valence-electron chi connectivity index (χ0n) is 16.7. The molecule has 0 saturated carbocycles. The third-order valence-corrected chi connectivity index (χ3v) is 4.57. The number of amides is 2. The molecule has 0 spiro atoms. The number of rotatable bonds is 5. The van der Waals surface area contributed by atoms with Crippen molar-refractivity contribution in [3.05, 3.63) is 35.0 Å². The molecule has 0 fully saturated rings. The zero-order valence-corrected chi connectivity index (χ0v) is 16.7. The lowest BCUT2D eigenvalue weighted by atomic mass is 10.2. The number of fused-ring (bicyclic) bond motifs is 1. The predicted octanol–water partition coefficient (Wildman–Crippen LogP) is 2.43. The average Bonchev–Trinajstić information content (AvgIpc) is 2.89. The summed E-state index contributed by atoms with van der Waals surface area (Å²) >= 11 is 0. The summed E-state index contributed by atoms with van der Waals surface area (Å²) < 4.78 is 2.02. The Bertz CT molecular complexity index is 799. The normalized spacial score (nSPS) is 13.9. The summed E-state index contributed by atoms with van der Waals surface area (Å²) in [4.78, 5) is 24.7. The Balaban J connectivity index is 1.68. The van der Waals surface area contributed by atoms with Gasteiger partial charge in [-0.05, 0) is 25.8 Å². The van der Waals surface area contributed by atoms with Gasteiger partial charge in [0.05, 0.1) is 24.5 Å². The van der Waals surface area contributed by atoms with Gasteiger partial charge in [0.15, 0.2) is 0 Å². The molecule has 0 aliphatic carbocycles. The van der Waals surface area contributed by atoms with E-state index in [9.17, 15) is 4.79 Å². The van der Waals surface area contributed by atoms with Crippen molar-refractivity contribution in [3.63, 3.8) is 0 Å². The van der Waals surface area contributed by atoms with Crippen molar-refractivity contribution < 1.29 is 4.79 Å². The van der Waals surface area contributed by atoms with Crippen LogP contribution in [0.15, 0.2) is 12.1 Å². The van der Waals surface area contributed by atoms with E-state index in [4.69, 9.17) is 5.10 Å². The number of hydrogen-bond acceptors (Lipinski definition) is 5. The molecule has 2 aromatic rings. The number of hydrogen-bond donors (Lipinski definition) is 1. The summed E-state index contributed by atoms with van der Waals surface area (Å²) in [5.41, 5.74) is 3.09. The molecular formula is C19H29N7O. The van der Waals surface area contributed by atoms with Gasteiger partial charge >= 0.3 is 6.03 Å². The number of anilines is 1. The summed E-state index contributed by atoms with van der Waals surface area (Å²) in [5, 5.41) is 8.07. The number of nitrogens with zero attached hydrogens (tertiary/aromatic N) is 6. The maximum atomic E-state index is 12.3. The summed E-state index contributed by atoms with van der Waals surface area (Å²) in [5.74, 6) is 1.61. The van der Waals surface area contributed by atoms with Crippen LogP contribution in [0.2, 0.25) is 0 Å². The highest BCUT2D eigenvalue weighted by molar-refractivity contribution is 5.73. The molecule has 3 rings (SSSR count). The molecule has 1 aliphatic rings. The Morgan fingerprint density at radius 3 is 2.78 bits per heavy atom. The highest BCUT2D eigenvalue weighted by Gasteiger charge is 2.21. The van der Waals surface area contributed by atoms with E-state index in [0.29, 0.717) is 13.1 Å². The van der Waals surface area contributed by atoms with Crippen molar-refractivity contribution in [1.82, 2.24) is 29.5 Å². The molecule has 0 bridgehead atoms. The first-order chi connectivity index (χ1) is 13.0. The van der Waals surface area contributed by atoms with Crippen molar-refractivity contribution in [2.45, 2.75) is 52.7 Å². The second kappa shape index (κ2) is 8.37. The Labute approximate surface area is 160 Å². The number of urea groups is 1. The van der Waals surface area contributed by atoms with Crippen LogP contribution in [0.25, 0.3) is 0 Å². The van der Waals surface area contributed by atoms with Crippen LogP contribution in [-0.2, 0) is 26.1 Å². The van der Waals surface area contributed by atoms with Gasteiger partial charge in [-0.25, -0.2) is 14.8 Å². The summed E-state index contributed by atoms with van der Waals surface area (Å²) in [6.07, 6.45) is 2.92. The standard InChI is InChI=1S/C19H29N7O/c1-5-7-15-11-18(22-14(2)21-15)20-12-16-10-17-13-25(19(27)24(3)4)8-6-9-26(17)23-16/h10-11H,5-9,12-13H2,1-4H3,(H,20,21,22). The molecule has 8 heteroatoms. The minimum absolute atomic E-state index is 0.0456. The second-order valence-corrected chi connectivity index (χ2v) is 7.20. The van der Waals surface area contributed by atoms with E-state index in [2.05, 4.69) is 28.3 Å². The van der Waals surface area contributed by atoms with Crippen LogP contribution < -0.4 is 5.32 Å². The van der Waals surface area contributed by atoms with Crippen LogP contribution in [0.3, 0.4) is 0 Å². The molecule has 0 unspecified atom stereocenters. The van der Waals surface area contributed by atoms with E-state index in [1.54, 1.807) is 19.0 Å². The summed E-state index contributed by atoms with van der Waals surface area (Å²) in [7, 11) is 3.58. The molecule has 0 atom stereocenters. The molecule has 1 N–H and O–H groups in total. The van der Waals surface area contributed by atoms with Crippen molar-refractivity contribution in [1.29, 1.82) is 0 Å². The van der Waals surface area contributed by atoms with E-state index < -0.39 is 0 Å². The van der Waals surface area contributed by atoms with Gasteiger partial charge in [-0.1, -0.05) is 13.3 Å². The SMILES string of the molecule is CCCc1cc(NCc2cc3n(n2)CCCN(C(=O)N(C)C)C3)nc(C)n1. The molecule has 27 heavy (non-hydrogen) atoms. The first-order valence-corrected chi connectivity index (χ1v) is 9.56. The zero-order chi connectivity index (χ0) is 19.4. The van der Waals surface area contributed by atoms with Crippen molar-refractivity contribution in [2.24, 2.45) is 0 Å². The highest BCUT2D eigenvalue weighted by atomic mass is 16.2. The summed E-state index contributed by atoms with van der Waals surface area (Å²) in [6.45, 7) is 6.85. The Morgan fingerprint density at radius 1 is 1.22 bits per heavy atom. The quantitative estimate of drug-likeness (QED) is 0.873. The maximum absolute atomic E-state index is 12.3. The molecule has 0 radical (unpaired) electrons. The molecule has 0 aromatic carbocycles. The molecule has 1 aliphatic heterocycles. The molecule has 3 heterocycles. The highest BCUT2D eigenvalue weighted by Crippen LogP contribution is 2.16. The fourth-order valence-electron chi connectivity index (χ4n) is 3.34. The first kappa shape index (κ1) is 19.1. The average molecular weight is 371 g/mol. The van der Waals surface area contributed by atoms with E-state index in [-0.39, 0.29) is 6.03 Å². The van der Waals surface area contributed by atoms with Crippen molar-refractivity contribution in [3.8, 4) is 0 Å². The topological polar surface area (TPSA) is 79.2 Å². The van der Waals surface area contributed by atoms with Gasteiger partial charge in [0, 0.05) is 38.9 Å². The van der Waals surface area contributed by atoms with Crippen LogP contribution in [0.1, 0.15) is 42.7 Å². The number of carbonyl (C=O) groups is 1. The maximum Gasteiger partial charge on any atom is 0.319 e. The minimum Gasteiger partial charge on any atom is -0.364 e. The van der Waals surface area contributed by atoms with Gasteiger partial charge in [-0.2, -0.15) is 5.10 Å². The van der Waals surface area contributed by atoms with E-state index in [0.717, 1.165) is 61.1 Å². The van der Waals surface area contributed by atoms with Crippen molar-refractivity contribution >= 4 is 11.8 Å². The van der Waals surface area contributed by atoms with Crippen molar-refractivity contribution in [2.75, 3.05) is 26.0 Å². The lowest BCUT2D eigenvalue weighted by Crippen LogP contribution is -2.38. The van der Waals surface area contributed by atoms with Gasteiger partial charge in [-0.3, -0.25) is 4.68 Å². The smallest absolute Gasteiger partial charge is 0.319 e. The first-order valence-electron chi connectivity index (χ1n) is 9.56. The number of nitrogens with one attached hydrogen (secondary N) is 1. The van der Waals surface area contributed by atoms with Crippen LogP contribution >= 0.6 is 0 Å². The van der Waals surface area contributed by atoms with Gasteiger partial charge in [0.25, 0.3) is 0 Å². The van der Waals surface area contributed by atoms with Crippen LogP contribution in [0, 0.1) is 6.92 Å². The second-order valence-electron chi connectivity index (χ2n) is 7.20. The van der Waals surface area contributed by atoms with Gasteiger partial charge in [0.1, 0.15) is 11.6 Å². The Morgan fingerprint density at radius 2 is 2.04 bits per heavy atom. The molecule has 8 nitrogen and oxygen atoms in total. The predicted molar refractivity (Wildman–Crippen MR) is 104 cm³/mol. The monoisotopic (exact) mass is 371 g/mol.